The molecule has 0 bridgehead atoms. The van der Waals surface area contributed by atoms with E-state index in [1.54, 1.807) is 29.3 Å². The van der Waals surface area contributed by atoms with E-state index < -0.39 is 20.5 Å². The third-order valence-electron chi connectivity index (χ3n) is 6.29. The molecule has 2 atom stereocenters. The summed E-state index contributed by atoms with van der Waals surface area (Å²) in [6.07, 6.45) is 0.374. The fraction of sp³-hybridized carbons (Fsp3) is 0.524. The van der Waals surface area contributed by atoms with Crippen molar-refractivity contribution in [3.63, 3.8) is 0 Å². The summed E-state index contributed by atoms with van der Waals surface area (Å²) in [7, 11) is -0.618. The van der Waals surface area contributed by atoms with E-state index in [1.807, 2.05) is 6.92 Å². The molecule has 0 saturated carbocycles. The molecule has 1 aromatic rings. The van der Waals surface area contributed by atoms with Gasteiger partial charge >= 0.3 is 6.09 Å². The predicted molar refractivity (Wildman–Crippen MR) is 114 cm³/mol. The minimum Gasteiger partial charge on any atom is -0.497 e. The van der Waals surface area contributed by atoms with Crippen LogP contribution in [-0.4, -0.2) is 56.1 Å². The normalized spacial score (nSPS) is 22.0. The molecule has 1 N–H and O–H groups in total. The average Bonchev–Trinajstić information content (AvgIpc) is 2.86. The molecule has 0 radical (unpaired) electrons. The van der Waals surface area contributed by atoms with E-state index >= 15 is 0 Å². The Labute approximate surface area is 173 Å². The monoisotopic (exact) mass is 418 g/mol. The number of methoxy groups -OCH3 is 1. The van der Waals surface area contributed by atoms with E-state index in [0.717, 1.165) is 5.57 Å². The Balaban J connectivity index is 2.05. The molecule has 0 aromatic heterocycles. The van der Waals surface area contributed by atoms with Crippen LogP contribution in [0.4, 0.5) is 10.5 Å². The molecule has 2 heterocycles. The molecule has 7 nitrogen and oxygen atoms in total. The lowest BCUT2D eigenvalue weighted by Gasteiger charge is -2.41. The van der Waals surface area contributed by atoms with Gasteiger partial charge in [-0.15, -0.1) is 0 Å². The van der Waals surface area contributed by atoms with Gasteiger partial charge in [0.05, 0.1) is 37.1 Å². The number of ether oxygens (including phenoxy) is 1. The van der Waals surface area contributed by atoms with Crippen LogP contribution in [0.5, 0.6) is 5.75 Å². The zero-order valence-corrected chi connectivity index (χ0v) is 19.1. The van der Waals surface area contributed by atoms with Gasteiger partial charge < -0.3 is 19.2 Å². The Bertz CT molecular complexity index is 874. The number of carboxylic acid groups (broad SMARTS) is 1. The van der Waals surface area contributed by atoms with Crippen molar-refractivity contribution in [2.45, 2.75) is 58.0 Å². The number of rotatable bonds is 3. The van der Waals surface area contributed by atoms with Crippen LogP contribution in [0.25, 0.3) is 0 Å². The fourth-order valence-electron chi connectivity index (χ4n) is 3.55. The third-order valence-corrected chi connectivity index (χ3v) is 10.7. The Hall–Kier alpha value is -2.32. The molecule has 0 spiro atoms. The molecule has 0 fully saturated rings. The highest BCUT2D eigenvalue weighted by Crippen LogP contribution is 2.42. The molecule has 0 saturated heterocycles. The van der Waals surface area contributed by atoms with Crippen LogP contribution in [0.2, 0.25) is 18.1 Å². The first-order chi connectivity index (χ1) is 13.4. The summed E-state index contributed by atoms with van der Waals surface area (Å²) >= 11 is 0. The average molecular weight is 419 g/mol. The number of nitrogens with zero attached hydrogens (tertiary/aromatic N) is 2. The summed E-state index contributed by atoms with van der Waals surface area (Å²) in [5, 5.41) is 9.87. The molecule has 0 aliphatic carbocycles. The second kappa shape index (κ2) is 7.18. The quantitative estimate of drug-likeness (QED) is 0.740. The fourth-order valence-corrected chi connectivity index (χ4v) is 4.88. The summed E-state index contributed by atoms with van der Waals surface area (Å²) in [6, 6.07) is 4.48. The maximum Gasteiger partial charge on any atom is 0.411 e. The number of carbonyl (C=O) groups is 2. The molecule has 2 aliphatic heterocycles. The molecule has 29 heavy (non-hydrogen) atoms. The van der Waals surface area contributed by atoms with Gasteiger partial charge in [-0.3, -0.25) is 9.69 Å². The largest absolute Gasteiger partial charge is 0.497 e. The van der Waals surface area contributed by atoms with Gasteiger partial charge in [0.25, 0.3) is 5.91 Å². The molecule has 2 unspecified atom stereocenters. The maximum absolute atomic E-state index is 13.4. The first-order valence-corrected chi connectivity index (χ1v) is 12.7. The number of hydrogen-bond donors (Lipinski definition) is 1. The Morgan fingerprint density at radius 2 is 1.93 bits per heavy atom. The van der Waals surface area contributed by atoms with E-state index in [-0.39, 0.29) is 23.6 Å². The van der Waals surface area contributed by atoms with Crippen LogP contribution in [0.15, 0.2) is 30.0 Å². The number of anilines is 1. The van der Waals surface area contributed by atoms with Crippen molar-refractivity contribution < 1.29 is 23.9 Å². The van der Waals surface area contributed by atoms with E-state index in [4.69, 9.17) is 9.16 Å². The maximum atomic E-state index is 13.4. The molecule has 1 aromatic carbocycles. The number of amides is 2. The van der Waals surface area contributed by atoms with Crippen LogP contribution < -0.4 is 9.64 Å². The highest BCUT2D eigenvalue weighted by molar-refractivity contribution is 6.74. The lowest BCUT2D eigenvalue weighted by Crippen LogP contribution is -2.52. The van der Waals surface area contributed by atoms with E-state index in [2.05, 4.69) is 33.9 Å². The van der Waals surface area contributed by atoms with Crippen molar-refractivity contribution in [3.05, 3.63) is 35.5 Å². The number of benzene rings is 1. The summed E-state index contributed by atoms with van der Waals surface area (Å²) in [6.45, 7) is 12.9. The number of hydrogen-bond acceptors (Lipinski definition) is 4. The lowest BCUT2D eigenvalue weighted by atomic mass is 10.1. The molecule has 2 aliphatic rings. The second-order valence-corrected chi connectivity index (χ2v) is 14.0. The molecule has 158 valence electrons. The zero-order valence-electron chi connectivity index (χ0n) is 18.1. The Morgan fingerprint density at radius 3 is 2.48 bits per heavy atom. The molecule has 8 heteroatoms. The van der Waals surface area contributed by atoms with Crippen molar-refractivity contribution in [3.8, 4) is 5.75 Å². The SMILES string of the molecule is COc1ccc2c(c1)C(=O)N1C=C(C)C(O[Si](C)(C)C(C)(C)C)C1CN2C(=O)O. The van der Waals surface area contributed by atoms with Crippen LogP contribution in [0.1, 0.15) is 38.1 Å². The third kappa shape index (κ3) is 3.66. The zero-order chi connectivity index (χ0) is 21.7. The van der Waals surface area contributed by atoms with Crippen LogP contribution in [-0.2, 0) is 4.43 Å². The smallest absolute Gasteiger partial charge is 0.411 e. The molecular weight excluding hydrogens is 388 g/mol. The van der Waals surface area contributed by atoms with Gasteiger partial charge in [-0.1, -0.05) is 20.8 Å². The van der Waals surface area contributed by atoms with Crippen LogP contribution in [0.3, 0.4) is 0 Å². The summed E-state index contributed by atoms with van der Waals surface area (Å²) < 4.78 is 11.9. The lowest BCUT2D eigenvalue weighted by molar-refractivity contribution is 0.0706. The van der Waals surface area contributed by atoms with Gasteiger partial charge in [0.1, 0.15) is 5.75 Å². The Morgan fingerprint density at radius 1 is 1.28 bits per heavy atom. The minimum atomic E-state index is -2.14. The van der Waals surface area contributed by atoms with Gasteiger partial charge in [-0.2, -0.15) is 0 Å². The number of carbonyl (C=O) groups excluding carboxylic acids is 1. The highest BCUT2D eigenvalue weighted by atomic mass is 28.4. The van der Waals surface area contributed by atoms with E-state index in [0.29, 0.717) is 17.0 Å². The van der Waals surface area contributed by atoms with Crippen LogP contribution in [0, 0.1) is 0 Å². The summed E-state index contributed by atoms with van der Waals surface area (Å²) in [5.41, 5.74) is 1.62. The first kappa shape index (κ1) is 21.4. The van der Waals surface area contributed by atoms with Crippen molar-refractivity contribution in [2.75, 3.05) is 18.6 Å². The van der Waals surface area contributed by atoms with Gasteiger partial charge in [-0.25, -0.2) is 4.79 Å². The summed E-state index contributed by atoms with van der Waals surface area (Å²) in [4.78, 5) is 28.3. The van der Waals surface area contributed by atoms with E-state index in [9.17, 15) is 14.7 Å². The molecule has 3 rings (SSSR count). The topological polar surface area (TPSA) is 79.3 Å². The summed E-state index contributed by atoms with van der Waals surface area (Å²) in [5.74, 6) is 0.267. The Kier molecular flexibility index (Phi) is 5.29. The van der Waals surface area contributed by atoms with Crippen molar-refractivity contribution >= 4 is 26.0 Å². The van der Waals surface area contributed by atoms with Gasteiger partial charge in [-0.05, 0) is 48.8 Å². The number of fused-ring (bicyclic) bond motifs is 2. The minimum absolute atomic E-state index is 0.00173. The highest BCUT2D eigenvalue weighted by Gasteiger charge is 2.48. The van der Waals surface area contributed by atoms with Gasteiger partial charge in [0.2, 0.25) is 0 Å². The van der Waals surface area contributed by atoms with Gasteiger partial charge in [0.15, 0.2) is 8.32 Å². The second-order valence-electron chi connectivity index (χ2n) is 9.23. The molecule has 2 amide bonds. The van der Waals surface area contributed by atoms with Crippen molar-refractivity contribution in [1.29, 1.82) is 0 Å². The van der Waals surface area contributed by atoms with Crippen LogP contribution >= 0.6 is 0 Å². The molecular formula is C21H30N2O5Si. The van der Waals surface area contributed by atoms with Crippen molar-refractivity contribution in [1.82, 2.24) is 4.90 Å². The van der Waals surface area contributed by atoms with E-state index in [1.165, 1.54) is 12.0 Å². The standard InChI is InChI=1S/C21H30N2O5Si/c1-13-11-22-17(18(13)28-29(6,7)21(2,3)4)12-23(20(25)26)16-9-8-14(27-5)10-15(16)19(22)24/h8-11,17-18H,12H2,1-7H3,(H,25,26). The van der Waals surface area contributed by atoms with Gasteiger partial charge in [0, 0.05) is 6.20 Å². The predicted octanol–water partition coefficient (Wildman–Crippen LogP) is 4.31. The first-order valence-electron chi connectivity index (χ1n) is 9.74. The van der Waals surface area contributed by atoms with Crippen molar-refractivity contribution in [2.24, 2.45) is 0 Å².